The van der Waals surface area contributed by atoms with E-state index in [-0.39, 0.29) is 5.91 Å². The van der Waals surface area contributed by atoms with Crippen LogP contribution in [0, 0.1) is 0 Å². The smallest absolute Gasteiger partial charge is 0.405 e. The average molecular weight is 440 g/mol. The Balaban J connectivity index is 3.53. The number of rotatable bonds is 22. The summed E-state index contributed by atoms with van der Waals surface area (Å²) in [6.45, 7) is 3.42. The summed E-state index contributed by atoms with van der Waals surface area (Å²) in [4.78, 5) is 23.0. The molecule has 0 bridgehead atoms. The molecule has 0 aromatic heterocycles. The van der Waals surface area contributed by atoms with E-state index in [1.165, 1.54) is 77.0 Å². The van der Waals surface area contributed by atoms with Gasteiger partial charge in [-0.1, -0.05) is 76.9 Å². The first-order valence-corrected chi connectivity index (χ1v) is 12.7. The van der Waals surface area contributed by atoms with Crippen molar-refractivity contribution in [2.45, 2.75) is 122 Å². The number of hydrogen-bond donors (Lipinski definition) is 4. The van der Waals surface area contributed by atoms with Crippen LogP contribution >= 0.6 is 0 Å². The quantitative estimate of drug-likeness (QED) is 0.124. The lowest BCUT2D eigenvalue weighted by atomic mass is 10.1. The van der Waals surface area contributed by atoms with Crippen molar-refractivity contribution in [3.63, 3.8) is 0 Å². The number of unbranched alkanes of at least 4 members (excludes halogenated alkanes) is 13. The molecule has 0 aromatic rings. The molecule has 0 spiro atoms. The Morgan fingerprint density at radius 3 is 1.90 bits per heavy atom. The van der Waals surface area contributed by atoms with Gasteiger partial charge in [-0.05, 0) is 57.9 Å². The summed E-state index contributed by atoms with van der Waals surface area (Å²) in [6.07, 6.45) is 23.1. The van der Waals surface area contributed by atoms with Gasteiger partial charge in [-0.2, -0.15) is 0 Å². The molecule has 0 unspecified atom stereocenters. The molecule has 1 atom stereocenters. The van der Waals surface area contributed by atoms with Gasteiger partial charge < -0.3 is 21.5 Å². The van der Waals surface area contributed by atoms with Crippen LogP contribution in [0.4, 0.5) is 4.79 Å². The first-order valence-electron chi connectivity index (χ1n) is 12.7. The monoisotopic (exact) mass is 439 g/mol. The minimum atomic E-state index is -1.16. The number of carboxylic acid groups (broad SMARTS) is 1. The van der Waals surface area contributed by atoms with Gasteiger partial charge in [0.2, 0.25) is 5.91 Å². The molecule has 31 heavy (non-hydrogen) atoms. The maximum absolute atomic E-state index is 12.2. The van der Waals surface area contributed by atoms with E-state index in [1.54, 1.807) is 0 Å². The molecule has 0 rings (SSSR count). The van der Waals surface area contributed by atoms with Gasteiger partial charge in [0.15, 0.2) is 0 Å². The molecule has 0 aliphatic carbocycles. The van der Waals surface area contributed by atoms with Gasteiger partial charge in [-0.15, -0.1) is 0 Å². The van der Waals surface area contributed by atoms with Gasteiger partial charge in [0.05, 0.1) is 0 Å². The summed E-state index contributed by atoms with van der Waals surface area (Å²) in [6, 6.07) is -0.682. The first-order chi connectivity index (χ1) is 15.1. The van der Waals surface area contributed by atoms with Crippen LogP contribution in [0.15, 0.2) is 12.2 Å². The van der Waals surface area contributed by atoms with Crippen molar-refractivity contribution in [1.29, 1.82) is 0 Å². The van der Waals surface area contributed by atoms with E-state index in [1.807, 2.05) is 0 Å². The van der Waals surface area contributed by atoms with Crippen molar-refractivity contribution in [2.24, 2.45) is 5.73 Å². The van der Waals surface area contributed by atoms with Gasteiger partial charge >= 0.3 is 6.09 Å². The summed E-state index contributed by atoms with van der Waals surface area (Å²) < 4.78 is 0. The van der Waals surface area contributed by atoms with Gasteiger partial charge in [0.25, 0.3) is 0 Å². The van der Waals surface area contributed by atoms with Gasteiger partial charge in [-0.25, -0.2) is 4.79 Å². The lowest BCUT2D eigenvalue weighted by Crippen LogP contribution is -2.46. The predicted molar refractivity (Wildman–Crippen MR) is 130 cm³/mol. The van der Waals surface area contributed by atoms with Crippen LogP contribution in [-0.4, -0.2) is 36.2 Å². The highest BCUT2D eigenvalue weighted by molar-refractivity contribution is 5.85. The van der Waals surface area contributed by atoms with Crippen LogP contribution in [0.1, 0.15) is 116 Å². The van der Waals surface area contributed by atoms with Crippen molar-refractivity contribution in [3.05, 3.63) is 12.2 Å². The third-order valence-corrected chi connectivity index (χ3v) is 5.55. The number of carbonyl (C=O) groups excluding carboxylic acids is 1. The second kappa shape index (κ2) is 23.1. The maximum Gasteiger partial charge on any atom is 0.405 e. The standard InChI is InChI=1S/C25H49N3O3/c1-2-3-4-5-6-7-8-9-10-11-12-13-14-15-16-19-22-27-24(29)23(28-25(30)31)20-17-18-21-26/h9-10,23,28H,2-8,11-22,26H2,1H3,(H,27,29)(H,30,31)/b10-9-/t23-/m1/s1. The van der Waals surface area contributed by atoms with Crippen LogP contribution in [-0.2, 0) is 4.79 Å². The highest BCUT2D eigenvalue weighted by atomic mass is 16.4. The third-order valence-electron chi connectivity index (χ3n) is 5.55. The van der Waals surface area contributed by atoms with E-state index in [9.17, 15) is 9.59 Å². The van der Waals surface area contributed by atoms with Crippen LogP contribution in [0.2, 0.25) is 0 Å². The molecule has 0 saturated heterocycles. The summed E-state index contributed by atoms with van der Waals surface area (Å²) in [5.74, 6) is -0.229. The zero-order valence-corrected chi connectivity index (χ0v) is 20.0. The van der Waals surface area contributed by atoms with Gasteiger partial charge in [0.1, 0.15) is 6.04 Å². The van der Waals surface area contributed by atoms with E-state index in [0.29, 0.717) is 19.5 Å². The summed E-state index contributed by atoms with van der Waals surface area (Å²) in [5, 5.41) is 14.1. The largest absolute Gasteiger partial charge is 0.465 e. The molecular formula is C25H49N3O3. The lowest BCUT2D eigenvalue weighted by molar-refractivity contribution is -0.123. The molecule has 0 saturated carbocycles. The minimum Gasteiger partial charge on any atom is -0.465 e. The summed E-state index contributed by atoms with van der Waals surface area (Å²) in [7, 11) is 0. The number of nitrogens with two attached hydrogens (primary N) is 1. The first kappa shape index (κ1) is 29.4. The number of nitrogens with one attached hydrogen (secondary N) is 2. The maximum atomic E-state index is 12.2. The molecule has 0 fully saturated rings. The van der Waals surface area contributed by atoms with Crippen molar-refractivity contribution < 1.29 is 14.7 Å². The normalized spacial score (nSPS) is 12.2. The fourth-order valence-corrected chi connectivity index (χ4v) is 3.62. The van der Waals surface area contributed by atoms with Crippen molar-refractivity contribution in [1.82, 2.24) is 10.6 Å². The molecule has 0 aliphatic heterocycles. The topological polar surface area (TPSA) is 104 Å². The number of hydrogen-bond acceptors (Lipinski definition) is 3. The van der Waals surface area contributed by atoms with Crippen LogP contribution in [0.3, 0.4) is 0 Å². The molecule has 6 heteroatoms. The SMILES string of the molecule is CCCCCCCC/C=C\CCCCCCCCNC(=O)[C@@H](CCCCN)NC(=O)O. The fourth-order valence-electron chi connectivity index (χ4n) is 3.62. The predicted octanol–water partition coefficient (Wildman–Crippen LogP) is 5.91. The molecule has 6 nitrogen and oxygen atoms in total. The average Bonchev–Trinajstić information content (AvgIpc) is 2.75. The third kappa shape index (κ3) is 21.5. The minimum absolute atomic E-state index is 0.229. The molecule has 0 aromatic carbocycles. The van der Waals surface area contributed by atoms with Crippen molar-refractivity contribution in [2.75, 3.05) is 13.1 Å². The Kier molecular flexibility index (Phi) is 21.9. The van der Waals surface area contributed by atoms with Gasteiger partial charge in [-0.3, -0.25) is 4.79 Å². The van der Waals surface area contributed by atoms with E-state index in [0.717, 1.165) is 25.7 Å². The highest BCUT2D eigenvalue weighted by Crippen LogP contribution is 2.10. The number of carbonyl (C=O) groups is 2. The highest BCUT2D eigenvalue weighted by Gasteiger charge is 2.19. The fraction of sp³-hybridized carbons (Fsp3) is 0.840. The Morgan fingerprint density at radius 1 is 0.806 bits per heavy atom. The number of allylic oxidation sites excluding steroid dienone is 2. The van der Waals surface area contributed by atoms with Crippen LogP contribution in [0.5, 0.6) is 0 Å². The van der Waals surface area contributed by atoms with Crippen molar-refractivity contribution in [3.8, 4) is 0 Å². The van der Waals surface area contributed by atoms with E-state index in [2.05, 4.69) is 29.7 Å². The molecule has 0 radical (unpaired) electrons. The zero-order valence-electron chi connectivity index (χ0n) is 20.0. The van der Waals surface area contributed by atoms with Crippen LogP contribution < -0.4 is 16.4 Å². The molecule has 5 N–H and O–H groups in total. The molecule has 2 amide bonds. The van der Waals surface area contributed by atoms with Gasteiger partial charge in [0, 0.05) is 6.54 Å². The zero-order chi connectivity index (χ0) is 23.0. The number of amides is 2. The van der Waals surface area contributed by atoms with E-state index >= 15 is 0 Å². The molecular weight excluding hydrogens is 390 g/mol. The second-order valence-corrected chi connectivity index (χ2v) is 8.52. The van der Waals surface area contributed by atoms with Crippen molar-refractivity contribution >= 4 is 12.0 Å². The Hall–Kier alpha value is -1.56. The molecule has 0 aliphatic rings. The Morgan fingerprint density at radius 2 is 1.35 bits per heavy atom. The lowest BCUT2D eigenvalue weighted by Gasteiger charge is -2.16. The second-order valence-electron chi connectivity index (χ2n) is 8.52. The Bertz CT molecular complexity index is 455. The summed E-state index contributed by atoms with van der Waals surface area (Å²) in [5.41, 5.74) is 5.46. The summed E-state index contributed by atoms with van der Waals surface area (Å²) >= 11 is 0. The molecule has 0 heterocycles. The van der Waals surface area contributed by atoms with Crippen LogP contribution in [0.25, 0.3) is 0 Å². The Labute approximate surface area is 190 Å². The van der Waals surface area contributed by atoms with E-state index in [4.69, 9.17) is 10.8 Å². The van der Waals surface area contributed by atoms with E-state index < -0.39 is 12.1 Å². The molecule has 182 valence electrons.